The van der Waals surface area contributed by atoms with Crippen LogP contribution >= 0.6 is 0 Å². The molecule has 0 spiro atoms. The smallest absolute Gasteiger partial charge is 0.00792 e. The lowest BCUT2D eigenvalue weighted by Gasteiger charge is -2.26. The van der Waals surface area contributed by atoms with Gasteiger partial charge >= 0.3 is 0 Å². The first kappa shape index (κ1) is 9.96. The molecule has 0 aromatic carbocycles. The van der Waals surface area contributed by atoms with Crippen molar-refractivity contribution in [1.82, 2.24) is 10.6 Å². The second-order valence-corrected chi connectivity index (χ2v) is 3.67. The third-order valence-corrected chi connectivity index (χ3v) is 2.58. The minimum Gasteiger partial charge on any atom is -0.328 e. The van der Waals surface area contributed by atoms with Crippen LogP contribution in [0.4, 0.5) is 0 Å². The molecule has 72 valence electrons. The zero-order valence-corrected chi connectivity index (χ0v) is 7.97. The van der Waals surface area contributed by atoms with Gasteiger partial charge in [-0.15, -0.1) is 0 Å². The van der Waals surface area contributed by atoms with E-state index < -0.39 is 0 Å². The Balaban J connectivity index is 2.01. The van der Waals surface area contributed by atoms with Crippen molar-refractivity contribution in [3.05, 3.63) is 0 Å². The van der Waals surface area contributed by atoms with E-state index in [0.29, 0.717) is 6.04 Å². The minimum absolute atomic E-state index is 0.465. The fourth-order valence-corrected chi connectivity index (χ4v) is 1.72. The summed E-state index contributed by atoms with van der Waals surface area (Å²) in [6.07, 6.45) is 4.89. The highest BCUT2D eigenvalue weighted by Gasteiger charge is 2.16. The van der Waals surface area contributed by atoms with Crippen molar-refractivity contribution in [3.63, 3.8) is 0 Å². The highest BCUT2D eigenvalue weighted by Crippen LogP contribution is 2.16. The van der Waals surface area contributed by atoms with Gasteiger partial charge in [0.15, 0.2) is 0 Å². The first-order valence-corrected chi connectivity index (χ1v) is 4.96. The summed E-state index contributed by atoms with van der Waals surface area (Å²) in [7, 11) is 1.98. The summed E-state index contributed by atoms with van der Waals surface area (Å²) in [5.41, 5.74) is 5.81. The van der Waals surface area contributed by atoms with E-state index >= 15 is 0 Å². The van der Waals surface area contributed by atoms with Gasteiger partial charge < -0.3 is 16.4 Å². The monoisotopic (exact) mass is 171 g/mol. The lowest BCUT2D eigenvalue weighted by molar-refractivity contribution is 0.344. The first-order valence-electron chi connectivity index (χ1n) is 4.96. The quantitative estimate of drug-likeness (QED) is 0.524. The van der Waals surface area contributed by atoms with E-state index in [0.717, 1.165) is 19.1 Å². The van der Waals surface area contributed by atoms with E-state index in [1.165, 1.54) is 25.7 Å². The van der Waals surface area contributed by atoms with Crippen LogP contribution in [0.1, 0.15) is 25.7 Å². The van der Waals surface area contributed by atoms with Crippen molar-refractivity contribution in [2.24, 2.45) is 5.73 Å². The van der Waals surface area contributed by atoms with Crippen LogP contribution in [0, 0.1) is 0 Å². The minimum atomic E-state index is 0.465. The maximum atomic E-state index is 5.81. The molecule has 1 aliphatic rings. The van der Waals surface area contributed by atoms with Crippen LogP contribution < -0.4 is 16.4 Å². The van der Waals surface area contributed by atoms with E-state index in [1.807, 2.05) is 7.05 Å². The van der Waals surface area contributed by atoms with Crippen LogP contribution in [0.2, 0.25) is 0 Å². The molecule has 0 saturated heterocycles. The summed E-state index contributed by atoms with van der Waals surface area (Å²) in [4.78, 5) is 0. The summed E-state index contributed by atoms with van der Waals surface area (Å²) in [6, 6.07) is 1.19. The number of hydrogen-bond donors (Lipinski definition) is 3. The summed E-state index contributed by atoms with van der Waals surface area (Å²) < 4.78 is 0. The van der Waals surface area contributed by atoms with Gasteiger partial charge in [-0.1, -0.05) is 0 Å². The van der Waals surface area contributed by atoms with Gasteiger partial charge in [0.2, 0.25) is 0 Å². The van der Waals surface area contributed by atoms with E-state index in [4.69, 9.17) is 5.73 Å². The van der Waals surface area contributed by atoms with Gasteiger partial charge in [0.1, 0.15) is 0 Å². The summed E-state index contributed by atoms with van der Waals surface area (Å²) in [5, 5.41) is 6.65. The molecule has 1 fully saturated rings. The van der Waals surface area contributed by atoms with Crippen molar-refractivity contribution in [3.8, 4) is 0 Å². The fraction of sp³-hybridized carbons (Fsp3) is 1.00. The average molecular weight is 171 g/mol. The van der Waals surface area contributed by atoms with Crippen molar-refractivity contribution in [2.75, 3.05) is 20.1 Å². The molecule has 0 atom stereocenters. The predicted molar refractivity (Wildman–Crippen MR) is 52.2 cm³/mol. The topological polar surface area (TPSA) is 50.1 Å². The maximum Gasteiger partial charge on any atom is 0.00792 e. The molecule has 1 saturated carbocycles. The highest BCUT2D eigenvalue weighted by molar-refractivity contribution is 4.78. The lowest BCUT2D eigenvalue weighted by Crippen LogP contribution is -2.39. The van der Waals surface area contributed by atoms with Gasteiger partial charge in [-0.3, -0.25) is 0 Å². The Morgan fingerprint density at radius 3 is 2.42 bits per heavy atom. The van der Waals surface area contributed by atoms with E-state index in [2.05, 4.69) is 10.6 Å². The Labute approximate surface area is 75.1 Å². The van der Waals surface area contributed by atoms with Crippen LogP contribution in [0.15, 0.2) is 0 Å². The Morgan fingerprint density at radius 1 is 1.17 bits per heavy atom. The lowest BCUT2D eigenvalue weighted by atomic mass is 9.92. The molecule has 1 aliphatic carbocycles. The van der Waals surface area contributed by atoms with Crippen LogP contribution in [0.3, 0.4) is 0 Å². The van der Waals surface area contributed by atoms with E-state index in [9.17, 15) is 0 Å². The Kier molecular flexibility index (Phi) is 4.58. The van der Waals surface area contributed by atoms with E-state index in [-0.39, 0.29) is 0 Å². The molecular weight excluding hydrogens is 150 g/mol. The zero-order valence-electron chi connectivity index (χ0n) is 7.97. The van der Waals surface area contributed by atoms with Crippen molar-refractivity contribution in [2.45, 2.75) is 37.8 Å². The Morgan fingerprint density at radius 2 is 1.83 bits per heavy atom. The molecule has 12 heavy (non-hydrogen) atoms. The van der Waals surface area contributed by atoms with Crippen LogP contribution in [0.25, 0.3) is 0 Å². The largest absolute Gasteiger partial charge is 0.328 e. The molecule has 0 aliphatic heterocycles. The average Bonchev–Trinajstić information content (AvgIpc) is 2.09. The second-order valence-electron chi connectivity index (χ2n) is 3.67. The fourth-order valence-electron chi connectivity index (χ4n) is 1.72. The van der Waals surface area contributed by atoms with Crippen LogP contribution in [-0.4, -0.2) is 32.2 Å². The molecule has 0 aromatic rings. The van der Waals surface area contributed by atoms with Crippen molar-refractivity contribution < 1.29 is 0 Å². The molecule has 3 heteroatoms. The normalized spacial score (nSPS) is 30.5. The molecule has 0 radical (unpaired) electrons. The van der Waals surface area contributed by atoms with Crippen molar-refractivity contribution >= 4 is 0 Å². The van der Waals surface area contributed by atoms with Crippen LogP contribution in [-0.2, 0) is 0 Å². The Hall–Kier alpha value is -0.120. The van der Waals surface area contributed by atoms with Gasteiger partial charge in [0, 0.05) is 25.2 Å². The molecule has 0 unspecified atom stereocenters. The summed E-state index contributed by atoms with van der Waals surface area (Å²) >= 11 is 0. The molecule has 0 bridgehead atoms. The number of likely N-dealkylation sites (N-methyl/N-ethyl adjacent to an activating group) is 1. The molecule has 0 aromatic heterocycles. The van der Waals surface area contributed by atoms with Gasteiger partial charge in [-0.05, 0) is 32.7 Å². The standard InChI is InChI=1S/C9H21N3/c1-11-6-7-12-9-4-2-8(10)3-5-9/h8-9,11-12H,2-7,10H2,1H3. The Bertz CT molecular complexity index is 108. The molecule has 1 rings (SSSR count). The van der Waals surface area contributed by atoms with Crippen LogP contribution in [0.5, 0.6) is 0 Å². The number of nitrogens with two attached hydrogens (primary N) is 1. The predicted octanol–water partition coefficient (Wildman–Crippen LogP) is 0.0653. The molecule has 3 nitrogen and oxygen atoms in total. The highest BCUT2D eigenvalue weighted by atomic mass is 15.0. The second kappa shape index (κ2) is 5.51. The van der Waals surface area contributed by atoms with E-state index in [1.54, 1.807) is 0 Å². The molecule has 0 amide bonds. The molecule has 0 heterocycles. The zero-order chi connectivity index (χ0) is 8.81. The first-order chi connectivity index (χ1) is 5.83. The number of rotatable bonds is 4. The van der Waals surface area contributed by atoms with Crippen molar-refractivity contribution in [1.29, 1.82) is 0 Å². The van der Waals surface area contributed by atoms with Gasteiger partial charge in [0.25, 0.3) is 0 Å². The molecule has 4 N–H and O–H groups in total. The third kappa shape index (κ3) is 3.52. The van der Waals surface area contributed by atoms with Gasteiger partial charge in [-0.25, -0.2) is 0 Å². The SMILES string of the molecule is CNCCNC1CCC(N)CC1. The van der Waals surface area contributed by atoms with Gasteiger partial charge in [0.05, 0.1) is 0 Å². The number of nitrogens with one attached hydrogen (secondary N) is 2. The third-order valence-electron chi connectivity index (χ3n) is 2.58. The maximum absolute atomic E-state index is 5.81. The van der Waals surface area contributed by atoms with Gasteiger partial charge in [-0.2, -0.15) is 0 Å². The number of hydrogen-bond acceptors (Lipinski definition) is 3. The summed E-state index contributed by atoms with van der Waals surface area (Å²) in [6.45, 7) is 2.14. The molecular formula is C9H21N3. The summed E-state index contributed by atoms with van der Waals surface area (Å²) in [5.74, 6) is 0.